The first-order chi connectivity index (χ1) is 7.58. The smallest absolute Gasteiger partial charge is 0.159 e. The van der Waals surface area contributed by atoms with Gasteiger partial charge in [-0.05, 0) is 32.0 Å². The third-order valence-corrected chi connectivity index (χ3v) is 2.34. The van der Waals surface area contributed by atoms with Crippen molar-refractivity contribution < 1.29 is 9.18 Å². The summed E-state index contributed by atoms with van der Waals surface area (Å²) in [4.78, 5) is 15.1. The first-order valence-corrected chi connectivity index (χ1v) is 4.89. The highest BCUT2D eigenvalue weighted by Gasteiger charge is 2.08. The Morgan fingerprint density at radius 3 is 2.69 bits per heavy atom. The highest BCUT2D eigenvalue weighted by molar-refractivity contribution is 5.94. The van der Waals surface area contributed by atoms with Gasteiger partial charge in [-0.25, -0.2) is 9.37 Å². The summed E-state index contributed by atoms with van der Waals surface area (Å²) in [6, 6.07) is 4.43. The van der Waals surface area contributed by atoms with Crippen molar-refractivity contribution in [2.45, 2.75) is 13.8 Å². The Morgan fingerprint density at radius 2 is 2.19 bits per heavy atom. The molecule has 0 aliphatic rings. The molecule has 1 aromatic heterocycles. The van der Waals surface area contributed by atoms with Gasteiger partial charge >= 0.3 is 0 Å². The van der Waals surface area contributed by atoms with Crippen LogP contribution in [0.2, 0.25) is 0 Å². The number of hydrogen-bond acceptors (Lipinski definition) is 2. The third kappa shape index (κ3) is 1.86. The molecule has 0 bridgehead atoms. The van der Waals surface area contributed by atoms with Crippen molar-refractivity contribution in [1.82, 2.24) is 9.55 Å². The molecule has 82 valence electrons. The van der Waals surface area contributed by atoms with Gasteiger partial charge in [-0.1, -0.05) is 0 Å². The van der Waals surface area contributed by atoms with Crippen molar-refractivity contribution in [2.75, 3.05) is 0 Å². The maximum atomic E-state index is 13.7. The standard InChI is InChI=1S/C12H11FN2O/c1-8-6-15(7-14-8)12-4-3-10(9(2)16)5-11(12)13/h3-7H,1-2H3. The van der Waals surface area contributed by atoms with Crippen LogP contribution in [0.3, 0.4) is 0 Å². The first-order valence-electron chi connectivity index (χ1n) is 4.89. The van der Waals surface area contributed by atoms with Gasteiger partial charge in [0.25, 0.3) is 0 Å². The molecule has 0 atom stereocenters. The van der Waals surface area contributed by atoms with Gasteiger partial charge in [-0.2, -0.15) is 0 Å². The molecule has 0 fully saturated rings. The number of aryl methyl sites for hydroxylation is 1. The van der Waals surface area contributed by atoms with Gasteiger partial charge in [0.2, 0.25) is 0 Å². The van der Waals surface area contributed by atoms with Gasteiger partial charge in [0.1, 0.15) is 5.82 Å². The monoisotopic (exact) mass is 218 g/mol. The van der Waals surface area contributed by atoms with Gasteiger partial charge in [0, 0.05) is 11.8 Å². The van der Waals surface area contributed by atoms with Gasteiger partial charge in [-0.3, -0.25) is 4.79 Å². The molecule has 0 aliphatic heterocycles. The number of carbonyl (C=O) groups excluding carboxylic acids is 1. The molecule has 0 spiro atoms. The molecule has 0 saturated heterocycles. The third-order valence-electron chi connectivity index (χ3n) is 2.34. The Morgan fingerprint density at radius 1 is 1.44 bits per heavy atom. The molecule has 2 aromatic rings. The van der Waals surface area contributed by atoms with Gasteiger partial charge in [-0.15, -0.1) is 0 Å². The molecule has 16 heavy (non-hydrogen) atoms. The highest BCUT2D eigenvalue weighted by atomic mass is 19.1. The van der Waals surface area contributed by atoms with Crippen molar-refractivity contribution in [1.29, 1.82) is 0 Å². The van der Waals surface area contributed by atoms with E-state index in [0.29, 0.717) is 11.3 Å². The Kier molecular flexibility index (Phi) is 2.56. The fourth-order valence-corrected chi connectivity index (χ4v) is 1.49. The van der Waals surface area contributed by atoms with E-state index in [0.717, 1.165) is 5.69 Å². The zero-order valence-corrected chi connectivity index (χ0v) is 9.07. The fourth-order valence-electron chi connectivity index (χ4n) is 1.49. The lowest BCUT2D eigenvalue weighted by Crippen LogP contribution is -1.98. The van der Waals surface area contributed by atoms with Crippen molar-refractivity contribution >= 4 is 5.78 Å². The van der Waals surface area contributed by atoms with Crippen molar-refractivity contribution in [3.8, 4) is 5.69 Å². The predicted molar refractivity (Wildman–Crippen MR) is 58.3 cm³/mol. The topological polar surface area (TPSA) is 34.9 Å². The molecule has 0 N–H and O–H groups in total. The zero-order chi connectivity index (χ0) is 11.7. The molecule has 3 nitrogen and oxygen atoms in total. The lowest BCUT2D eigenvalue weighted by atomic mass is 10.1. The number of carbonyl (C=O) groups is 1. The minimum absolute atomic E-state index is 0.146. The average Bonchev–Trinajstić information content (AvgIpc) is 2.64. The largest absolute Gasteiger partial charge is 0.303 e. The summed E-state index contributed by atoms with van der Waals surface area (Å²) in [6.07, 6.45) is 3.27. The quantitative estimate of drug-likeness (QED) is 0.726. The van der Waals surface area contributed by atoms with Crippen LogP contribution in [0.4, 0.5) is 4.39 Å². The molecule has 0 amide bonds. The predicted octanol–water partition coefficient (Wildman–Crippen LogP) is 2.52. The van der Waals surface area contributed by atoms with Crippen LogP contribution >= 0.6 is 0 Å². The summed E-state index contributed by atoms with van der Waals surface area (Å²) in [5.41, 5.74) is 1.58. The van der Waals surface area contributed by atoms with Gasteiger partial charge < -0.3 is 4.57 Å². The Hall–Kier alpha value is -1.97. The molecule has 1 aromatic carbocycles. The lowest BCUT2D eigenvalue weighted by Gasteiger charge is -2.04. The van der Waals surface area contributed by atoms with Crippen LogP contribution in [-0.2, 0) is 0 Å². The summed E-state index contributed by atoms with van der Waals surface area (Å²) in [5.74, 6) is -0.572. The Balaban J connectivity index is 2.47. The second-order valence-electron chi connectivity index (χ2n) is 3.64. The number of rotatable bonds is 2. The maximum absolute atomic E-state index is 13.7. The van der Waals surface area contributed by atoms with Crippen LogP contribution in [0.15, 0.2) is 30.7 Å². The van der Waals surface area contributed by atoms with E-state index in [1.165, 1.54) is 13.0 Å². The second-order valence-corrected chi connectivity index (χ2v) is 3.64. The fraction of sp³-hybridized carbons (Fsp3) is 0.167. The summed E-state index contributed by atoms with van der Waals surface area (Å²) >= 11 is 0. The average molecular weight is 218 g/mol. The number of halogens is 1. The van der Waals surface area contributed by atoms with Crippen LogP contribution in [-0.4, -0.2) is 15.3 Å². The van der Waals surface area contributed by atoms with E-state index < -0.39 is 5.82 Å². The number of nitrogens with zero attached hydrogens (tertiary/aromatic N) is 2. The van der Waals surface area contributed by atoms with Crippen LogP contribution in [0.1, 0.15) is 23.0 Å². The number of Topliss-reactive ketones (excluding diaryl/α,β-unsaturated/α-hetero) is 1. The summed E-state index contributed by atoms with van der Waals surface area (Å²) in [5, 5.41) is 0. The minimum Gasteiger partial charge on any atom is -0.303 e. The lowest BCUT2D eigenvalue weighted by molar-refractivity contribution is 0.101. The van der Waals surface area contributed by atoms with Gasteiger partial charge in [0.15, 0.2) is 5.78 Å². The molecule has 0 radical (unpaired) electrons. The van der Waals surface area contributed by atoms with E-state index in [-0.39, 0.29) is 5.78 Å². The van der Waals surface area contributed by atoms with Crippen LogP contribution < -0.4 is 0 Å². The van der Waals surface area contributed by atoms with Crippen LogP contribution in [0.25, 0.3) is 5.69 Å². The summed E-state index contributed by atoms with van der Waals surface area (Å²) in [7, 11) is 0. The van der Waals surface area contributed by atoms with Crippen molar-refractivity contribution in [3.63, 3.8) is 0 Å². The number of imidazole rings is 1. The molecular weight excluding hydrogens is 207 g/mol. The van der Waals surface area contributed by atoms with E-state index in [1.54, 1.807) is 29.2 Å². The molecule has 0 unspecified atom stereocenters. The van der Waals surface area contributed by atoms with E-state index in [4.69, 9.17) is 0 Å². The highest BCUT2D eigenvalue weighted by Crippen LogP contribution is 2.15. The minimum atomic E-state index is -0.426. The molecule has 0 aliphatic carbocycles. The van der Waals surface area contributed by atoms with E-state index in [2.05, 4.69) is 4.98 Å². The van der Waals surface area contributed by atoms with Gasteiger partial charge in [0.05, 0.1) is 17.7 Å². The summed E-state index contributed by atoms with van der Waals surface area (Å²) in [6.45, 7) is 3.24. The normalized spacial score (nSPS) is 10.4. The number of ketones is 1. The van der Waals surface area contributed by atoms with E-state index >= 15 is 0 Å². The van der Waals surface area contributed by atoms with Crippen LogP contribution in [0, 0.1) is 12.7 Å². The van der Waals surface area contributed by atoms with Crippen molar-refractivity contribution in [2.24, 2.45) is 0 Å². The van der Waals surface area contributed by atoms with Crippen molar-refractivity contribution in [3.05, 3.63) is 47.8 Å². The molecule has 4 heteroatoms. The maximum Gasteiger partial charge on any atom is 0.159 e. The molecule has 1 heterocycles. The summed E-state index contributed by atoms with van der Waals surface area (Å²) < 4.78 is 15.3. The SMILES string of the molecule is CC(=O)c1ccc(-n2cnc(C)c2)c(F)c1. The van der Waals surface area contributed by atoms with E-state index in [1.807, 2.05) is 6.92 Å². The molecule has 2 rings (SSSR count). The first kappa shape index (κ1) is 10.5. The number of aromatic nitrogens is 2. The Bertz CT molecular complexity index is 546. The van der Waals surface area contributed by atoms with Crippen LogP contribution in [0.5, 0.6) is 0 Å². The molecular formula is C12H11FN2O. The molecule has 0 saturated carbocycles. The van der Waals surface area contributed by atoms with E-state index in [9.17, 15) is 9.18 Å². The second kappa shape index (κ2) is 3.89. The number of benzene rings is 1. The Labute approximate surface area is 92.5 Å². The zero-order valence-electron chi connectivity index (χ0n) is 9.07. The number of hydrogen-bond donors (Lipinski definition) is 0.